The van der Waals surface area contributed by atoms with Crippen LogP contribution >= 0.6 is 0 Å². The molecule has 0 saturated heterocycles. The van der Waals surface area contributed by atoms with Crippen molar-refractivity contribution in [2.45, 2.75) is 27.7 Å². The molecule has 0 bridgehead atoms. The van der Waals surface area contributed by atoms with Crippen LogP contribution in [0.2, 0.25) is 0 Å². The van der Waals surface area contributed by atoms with E-state index < -0.39 is 5.41 Å². The first kappa shape index (κ1) is 15.0. The maximum absolute atomic E-state index is 12.4. The molecule has 0 saturated carbocycles. The van der Waals surface area contributed by atoms with Crippen LogP contribution in [0.4, 0.5) is 5.69 Å². The van der Waals surface area contributed by atoms with Gasteiger partial charge in [0.2, 0.25) is 5.91 Å². The molecular formula is C14H21N3O2. The smallest absolute Gasteiger partial charge is 0.240 e. The Morgan fingerprint density at radius 1 is 1.26 bits per heavy atom. The molecule has 19 heavy (non-hydrogen) atoms. The lowest BCUT2D eigenvalue weighted by atomic mass is 9.90. The number of nitrogens with two attached hydrogens (primary N) is 1. The summed E-state index contributed by atoms with van der Waals surface area (Å²) in [5.74, 6) is -0.332. The average Bonchev–Trinajstić information content (AvgIpc) is 2.34. The first-order valence-corrected chi connectivity index (χ1v) is 6.04. The SMILES string of the molecule is Cc1cc(C)cc(N(C)C(=O)C(C)(C)C(N)=NO)c1. The van der Waals surface area contributed by atoms with Crippen molar-refractivity contribution >= 4 is 17.4 Å². The summed E-state index contributed by atoms with van der Waals surface area (Å²) in [5, 5.41) is 11.7. The highest BCUT2D eigenvalue weighted by molar-refractivity contribution is 6.12. The highest BCUT2D eigenvalue weighted by Crippen LogP contribution is 2.24. The molecule has 1 aromatic rings. The molecule has 0 aliphatic carbocycles. The number of amidine groups is 1. The van der Waals surface area contributed by atoms with E-state index in [0.717, 1.165) is 16.8 Å². The van der Waals surface area contributed by atoms with Gasteiger partial charge in [-0.05, 0) is 51.0 Å². The summed E-state index contributed by atoms with van der Waals surface area (Å²) in [4.78, 5) is 14.0. The summed E-state index contributed by atoms with van der Waals surface area (Å²) in [6.07, 6.45) is 0. The molecular weight excluding hydrogens is 242 g/mol. The Hall–Kier alpha value is -2.04. The molecule has 0 unspecified atom stereocenters. The molecule has 0 aliphatic rings. The topological polar surface area (TPSA) is 78.9 Å². The summed E-state index contributed by atoms with van der Waals surface area (Å²) in [5.41, 5.74) is 7.48. The maximum Gasteiger partial charge on any atom is 0.240 e. The Bertz CT molecular complexity index is 501. The highest BCUT2D eigenvalue weighted by Gasteiger charge is 2.35. The highest BCUT2D eigenvalue weighted by atomic mass is 16.4. The van der Waals surface area contributed by atoms with Gasteiger partial charge in [-0.1, -0.05) is 11.2 Å². The van der Waals surface area contributed by atoms with Gasteiger partial charge in [0.15, 0.2) is 5.84 Å². The summed E-state index contributed by atoms with van der Waals surface area (Å²) in [6, 6.07) is 5.89. The molecule has 3 N–H and O–H groups in total. The van der Waals surface area contributed by atoms with Crippen molar-refractivity contribution in [3.63, 3.8) is 0 Å². The summed E-state index contributed by atoms with van der Waals surface area (Å²) >= 11 is 0. The number of anilines is 1. The first-order valence-electron chi connectivity index (χ1n) is 6.04. The Balaban J connectivity index is 3.13. The lowest BCUT2D eigenvalue weighted by molar-refractivity contribution is -0.123. The number of hydrogen-bond donors (Lipinski definition) is 2. The van der Waals surface area contributed by atoms with Crippen molar-refractivity contribution in [3.8, 4) is 0 Å². The van der Waals surface area contributed by atoms with Crippen molar-refractivity contribution in [2.75, 3.05) is 11.9 Å². The minimum atomic E-state index is -1.05. The third-order valence-electron chi connectivity index (χ3n) is 3.18. The maximum atomic E-state index is 12.4. The number of amides is 1. The molecule has 0 atom stereocenters. The van der Waals surface area contributed by atoms with Crippen LogP contribution in [0.25, 0.3) is 0 Å². The van der Waals surface area contributed by atoms with Crippen molar-refractivity contribution in [1.82, 2.24) is 0 Å². The lowest BCUT2D eigenvalue weighted by Crippen LogP contribution is -2.46. The minimum absolute atomic E-state index is 0.103. The summed E-state index contributed by atoms with van der Waals surface area (Å²) < 4.78 is 0. The monoisotopic (exact) mass is 263 g/mol. The quantitative estimate of drug-likeness (QED) is 0.379. The van der Waals surface area contributed by atoms with Crippen molar-refractivity contribution in [3.05, 3.63) is 29.3 Å². The number of hydrogen-bond acceptors (Lipinski definition) is 3. The zero-order valence-electron chi connectivity index (χ0n) is 12.1. The largest absolute Gasteiger partial charge is 0.409 e. The molecule has 1 rings (SSSR count). The fourth-order valence-electron chi connectivity index (χ4n) is 1.92. The van der Waals surface area contributed by atoms with Crippen molar-refractivity contribution in [1.29, 1.82) is 0 Å². The third-order valence-corrected chi connectivity index (χ3v) is 3.18. The zero-order chi connectivity index (χ0) is 14.8. The minimum Gasteiger partial charge on any atom is -0.409 e. The van der Waals surface area contributed by atoms with Gasteiger partial charge in [-0.15, -0.1) is 0 Å². The van der Waals surface area contributed by atoms with Crippen LogP contribution < -0.4 is 10.6 Å². The predicted molar refractivity (Wildman–Crippen MR) is 76.5 cm³/mol. The molecule has 0 aromatic heterocycles. The van der Waals surface area contributed by atoms with Gasteiger partial charge in [0, 0.05) is 12.7 Å². The Labute approximate surface area is 113 Å². The van der Waals surface area contributed by atoms with Gasteiger partial charge in [0.05, 0.1) is 0 Å². The van der Waals surface area contributed by atoms with E-state index in [1.807, 2.05) is 32.0 Å². The van der Waals surface area contributed by atoms with Gasteiger partial charge in [-0.3, -0.25) is 4.79 Å². The predicted octanol–water partition coefficient (Wildman–Crippen LogP) is 2.04. The van der Waals surface area contributed by atoms with E-state index in [2.05, 4.69) is 5.16 Å². The Morgan fingerprint density at radius 2 is 1.74 bits per heavy atom. The molecule has 1 aromatic carbocycles. The number of oxime groups is 1. The fourth-order valence-corrected chi connectivity index (χ4v) is 1.92. The van der Waals surface area contributed by atoms with E-state index in [4.69, 9.17) is 10.9 Å². The molecule has 5 heteroatoms. The van der Waals surface area contributed by atoms with E-state index >= 15 is 0 Å². The molecule has 0 aliphatic heterocycles. The van der Waals surface area contributed by atoms with Crippen LogP contribution in [0.5, 0.6) is 0 Å². The second kappa shape index (κ2) is 5.30. The van der Waals surface area contributed by atoms with E-state index in [-0.39, 0.29) is 11.7 Å². The van der Waals surface area contributed by atoms with Gasteiger partial charge in [-0.25, -0.2) is 0 Å². The normalized spacial score (nSPS) is 12.4. The molecule has 0 radical (unpaired) electrons. The van der Waals surface area contributed by atoms with E-state index in [1.165, 1.54) is 4.90 Å². The van der Waals surface area contributed by atoms with Gasteiger partial charge in [0.1, 0.15) is 5.41 Å². The Kier molecular flexibility index (Phi) is 4.19. The van der Waals surface area contributed by atoms with Gasteiger partial charge < -0.3 is 15.8 Å². The second-order valence-corrected chi connectivity index (χ2v) is 5.32. The lowest BCUT2D eigenvalue weighted by Gasteiger charge is -2.28. The molecule has 0 heterocycles. The fraction of sp³-hybridized carbons (Fsp3) is 0.429. The number of rotatable bonds is 3. The summed E-state index contributed by atoms with van der Waals surface area (Å²) in [6.45, 7) is 7.21. The second-order valence-electron chi connectivity index (χ2n) is 5.32. The van der Waals surface area contributed by atoms with Gasteiger partial charge in [0.25, 0.3) is 0 Å². The molecule has 0 spiro atoms. The molecule has 5 nitrogen and oxygen atoms in total. The van der Waals surface area contributed by atoms with Crippen molar-refractivity contribution < 1.29 is 10.0 Å². The molecule has 104 valence electrons. The Morgan fingerprint density at radius 3 is 2.16 bits per heavy atom. The van der Waals surface area contributed by atoms with Crippen molar-refractivity contribution in [2.24, 2.45) is 16.3 Å². The van der Waals surface area contributed by atoms with Crippen LogP contribution in [0.15, 0.2) is 23.4 Å². The third kappa shape index (κ3) is 3.05. The van der Waals surface area contributed by atoms with E-state index in [9.17, 15) is 4.79 Å². The number of nitrogens with zero attached hydrogens (tertiary/aromatic N) is 2. The average molecular weight is 263 g/mol. The van der Waals surface area contributed by atoms with Crippen LogP contribution in [0, 0.1) is 19.3 Å². The number of aryl methyl sites for hydroxylation is 2. The van der Waals surface area contributed by atoms with Crippen LogP contribution in [0.3, 0.4) is 0 Å². The zero-order valence-corrected chi connectivity index (χ0v) is 12.1. The first-order chi connectivity index (χ1) is 8.70. The summed E-state index contributed by atoms with van der Waals surface area (Å²) in [7, 11) is 1.68. The van der Waals surface area contributed by atoms with Crippen LogP contribution in [-0.4, -0.2) is 24.0 Å². The van der Waals surface area contributed by atoms with E-state index in [0.29, 0.717) is 0 Å². The van der Waals surface area contributed by atoms with Gasteiger partial charge in [-0.2, -0.15) is 0 Å². The molecule has 1 amide bonds. The van der Waals surface area contributed by atoms with Gasteiger partial charge >= 0.3 is 0 Å². The van der Waals surface area contributed by atoms with Crippen LogP contribution in [0.1, 0.15) is 25.0 Å². The van der Waals surface area contributed by atoms with E-state index in [1.54, 1.807) is 20.9 Å². The number of carbonyl (C=O) groups is 1. The number of benzene rings is 1. The molecule has 0 fully saturated rings. The number of carbonyl (C=O) groups excluding carboxylic acids is 1. The van der Waals surface area contributed by atoms with Crippen LogP contribution in [-0.2, 0) is 4.79 Å². The standard InChI is InChI=1S/C14H21N3O2/c1-9-6-10(2)8-11(7-9)17(5)13(18)14(3,4)12(15)16-19/h6-8,19H,1-5H3,(H2,15,16).